The zero-order valence-corrected chi connectivity index (χ0v) is 9.40. The highest BCUT2D eigenvalue weighted by Crippen LogP contribution is 2.25. The highest BCUT2D eigenvalue weighted by Gasteiger charge is 2.31. The van der Waals surface area contributed by atoms with E-state index in [0.29, 0.717) is 11.5 Å². The minimum atomic E-state index is -4.68. The number of ether oxygens (including phenoxy) is 1. The first-order chi connectivity index (χ1) is 8.35. The molecule has 1 aliphatic heterocycles. The quantitative estimate of drug-likeness (QED) is 0.844. The molecule has 98 valence electrons. The van der Waals surface area contributed by atoms with Gasteiger partial charge in [0.1, 0.15) is 11.6 Å². The van der Waals surface area contributed by atoms with E-state index >= 15 is 0 Å². The second kappa shape index (κ2) is 4.30. The molecule has 1 aliphatic rings. The average molecular weight is 260 g/mol. The summed E-state index contributed by atoms with van der Waals surface area (Å²) in [5.74, 6) is 0.223. The topological polar surface area (TPSA) is 53.8 Å². The van der Waals surface area contributed by atoms with Crippen molar-refractivity contribution >= 4 is 5.69 Å². The molecule has 1 heterocycles. The van der Waals surface area contributed by atoms with Gasteiger partial charge in [-0.2, -0.15) is 0 Å². The van der Waals surface area contributed by atoms with Gasteiger partial charge in [0.05, 0.1) is 11.9 Å². The standard InChI is InChI=1S/C10H11F3N4O/c1-16-9(14)6-17(15-16)7-2-4-8(5-3-7)18-10(11,12)13/h2-6,15H,14H2,1H3. The van der Waals surface area contributed by atoms with Gasteiger partial charge >= 0.3 is 6.36 Å². The van der Waals surface area contributed by atoms with Crippen LogP contribution in [0.25, 0.3) is 0 Å². The lowest BCUT2D eigenvalue weighted by Crippen LogP contribution is -2.39. The minimum absolute atomic E-state index is 0.268. The van der Waals surface area contributed by atoms with E-state index < -0.39 is 6.36 Å². The number of halogens is 3. The summed E-state index contributed by atoms with van der Waals surface area (Å²) in [5, 5.41) is 3.15. The third-order valence-corrected chi connectivity index (χ3v) is 2.25. The monoisotopic (exact) mass is 260 g/mol. The van der Waals surface area contributed by atoms with Crippen LogP contribution >= 0.6 is 0 Å². The predicted octanol–water partition coefficient (Wildman–Crippen LogP) is 1.51. The van der Waals surface area contributed by atoms with Crippen molar-refractivity contribution in [3.05, 3.63) is 36.3 Å². The molecule has 0 aliphatic carbocycles. The highest BCUT2D eigenvalue weighted by molar-refractivity contribution is 5.51. The van der Waals surface area contributed by atoms with Gasteiger partial charge in [0.25, 0.3) is 0 Å². The van der Waals surface area contributed by atoms with Crippen molar-refractivity contribution in [1.82, 2.24) is 10.5 Å². The zero-order valence-electron chi connectivity index (χ0n) is 9.40. The number of nitrogens with zero attached hydrogens (tertiary/aromatic N) is 2. The average Bonchev–Trinajstić information content (AvgIpc) is 2.58. The molecule has 0 unspecified atom stereocenters. The lowest BCUT2D eigenvalue weighted by Gasteiger charge is -2.19. The molecule has 1 aromatic rings. The fraction of sp³-hybridized carbons (Fsp3) is 0.200. The first kappa shape index (κ1) is 12.4. The molecule has 2 rings (SSSR count). The molecule has 0 saturated carbocycles. The lowest BCUT2D eigenvalue weighted by atomic mass is 10.3. The second-order valence-electron chi connectivity index (χ2n) is 3.62. The summed E-state index contributed by atoms with van der Waals surface area (Å²) in [6.45, 7) is 0. The molecule has 0 spiro atoms. The molecule has 3 N–H and O–H groups in total. The molecular weight excluding hydrogens is 249 g/mol. The van der Waals surface area contributed by atoms with E-state index in [-0.39, 0.29) is 5.75 Å². The summed E-state index contributed by atoms with van der Waals surface area (Å²) in [4.78, 5) is 0. The lowest BCUT2D eigenvalue weighted by molar-refractivity contribution is -0.274. The molecule has 0 saturated heterocycles. The molecule has 0 radical (unpaired) electrons. The van der Waals surface area contributed by atoms with Crippen molar-refractivity contribution in [2.75, 3.05) is 12.1 Å². The van der Waals surface area contributed by atoms with Crippen molar-refractivity contribution in [1.29, 1.82) is 0 Å². The van der Waals surface area contributed by atoms with E-state index in [1.807, 2.05) is 0 Å². The van der Waals surface area contributed by atoms with Crippen LogP contribution in [0.1, 0.15) is 0 Å². The number of anilines is 1. The van der Waals surface area contributed by atoms with Gasteiger partial charge in [0, 0.05) is 7.05 Å². The Labute approximate surface area is 101 Å². The Hall–Kier alpha value is -2.09. The summed E-state index contributed by atoms with van der Waals surface area (Å²) < 4.78 is 39.7. The summed E-state index contributed by atoms with van der Waals surface area (Å²) in [5.41, 5.74) is 9.14. The van der Waals surface area contributed by atoms with Gasteiger partial charge in [-0.3, -0.25) is 10.0 Å². The van der Waals surface area contributed by atoms with Gasteiger partial charge in [-0.1, -0.05) is 0 Å². The van der Waals surface area contributed by atoms with Gasteiger partial charge in [0.2, 0.25) is 0 Å². The Morgan fingerprint density at radius 3 is 2.28 bits per heavy atom. The van der Waals surface area contributed by atoms with Crippen LogP contribution in [0.15, 0.2) is 36.3 Å². The Morgan fingerprint density at radius 2 is 1.83 bits per heavy atom. The van der Waals surface area contributed by atoms with E-state index in [4.69, 9.17) is 5.73 Å². The van der Waals surface area contributed by atoms with Gasteiger partial charge in [-0.05, 0) is 24.3 Å². The van der Waals surface area contributed by atoms with E-state index in [9.17, 15) is 13.2 Å². The zero-order chi connectivity index (χ0) is 13.3. The van der Waals surface area contributed by atoms with E-state index in [0.717, 1.165) is 0 Å². The molecule has 0 fully saturated rings. The fourth-order valence-electron chi connectivity index (χ4n) is 1.41. The Bertz CT molecular complexity index is 457. The molecule has 5 nitrogen and oxygen atoms in total. The summed E-state index contributed by atoms with van der Waals surface area (Å²) in [7, 11) is 1.72. The van der Waals surface area contributed by atoms with Gasteiger partial charge in [0.15, 0.2) is 0 Å². The maximum absolute atomic E-state index is 12.0. The maximum atomic E-state index is 12.0. The van der Waals surface area contributed by atoms with Crippen molar-refractivity contribution in [3.63, 3.8) is 0 Å². The molecule has 18 heavy (non-hydrogen) atoms. The number of hydrogen-bond acceptors (Lipinski definition) is 5. The maximum Gasteiger partial charge on any atom is 0.573 e. The van der Waals surface area contributed by atoms with Crippen LogP contribution in [0.2, 0.25) is 0 Å². The molecule has 0 amide bonds. The van der Waals surface area contributed by atoms with E-state index in [1.54, 1.807) is 23.3 Å². The number of nitrogens with one attached hydrogen (secondary N) is 1. The first-order valence-corrected chi connectivity index (χ1v) is 4.97. The van der Waals surface area contributed by atoms with Crippen LogP contribution in [0.3, 0.4) is 0 Å². The van der Waals surface area contributed by atoms with Crippen LogP contribution < -0.4 is 21.0 Å². The molecule has 0 bridgehead atoms. The summed E-state index contributed by atoms with van der Waals surface area (Å²) in [6, 6.07) is 5.42. The van der Waals surface area contributed by atoms with Crippen molar-refractivity contribution < 1.29 is 17.9 Å². The Balaban J connectivity index is 2.09. The smallest absolute Gasteiger partial charge is 0.406 e. The third-order valence-electron chi connectivity index (χ3n) is 2.25. The molecular formula is C10H11F3N4O. The number of hydrazine groups is 2. The highest BCUT2D eigenvalue weighted by atomic mass is 19.4. The number of alkyl halides is 3. The fourth-order valence-corrected chi connectivity index (χ4v) is 1.41. The molecule has 8 heteroatoms. The summed E-state index contributed by atoms with van der Waals surface area (Å²) >= 11 is 0. The van der Waals surface area contributed by atoms with Crippen LogP contribution in [0, 0.1) is 0 Å². The minimum Gasteiger partial charge on any atom is -0.406 e. The van der Waals surface area contributed by atoms with E-state index in [2.05, 4.69) is 10.3 Å². The van der Waals surface area contributed by atoms with Crippen LogP contribution in [0.5, 0.6) is 5.75 Å². The van der Waals surface area contributed by atoms with Crippen LogP contribution in [0.4, 0.5) is 18.9 Å². The second-order valence-corrected chi connectivity index (χ2v) is 3.62. The molecule has 1 aromatic carbocycles. The normalized spacial score (nSPS) is 15.9. The van der Waals surface area contributed by atoms with Gasteiger partial charge in [-0.25, -0.2) is 0 Å². The number of benzene rings is 1. The van der Waals surface area contributed by atoms with Crippen molar-refractivity contribution in [3.8, 4) is 5.75 Å². The summed E-state index contributed by atoms with van der Waals surface area (Å²) in [6.07, 6.45) is -3.07. The van der Waals surface area contributed by atoms with Crippen molar-refractivity contribution in [2.24, 2.45) is 5.73 Å². The van der Waals surface area contributed by atoms with Crippen LogP contribution in [-0.4, -0.2) is 18.4 Å². The SMILES string of the molecule is CN1NN(c2ccc(OC(F)(F)F)cc2)C=C1N. The van der Waals surface area contributed by atoms with Crippen molar-refractivity contribution in [2.45, 2.75) is 6.36 Å². The third kappa shape index (κ3) is 2.77. The Kier molecular flexibility index (Phi) is 2.95. The number of hydrogen-bond donors (Lipinski definition) is 2. The van der Waals surface area contributed by atoms with Gasteiger partial charge < -0.3 is 10.5 Å². The molecule has 0 atom stereocenters. The predicted molar refractivity (Wildman–Crippen MR) is 58.8 cm³/mol. The largest absolute Gasteiger partial charge is 0.573 e. The van der Waals surface area contributed by atoms with E-state index in [1.165, 1.54) is 24.3 Å². The van der Waals surface area contributed by atoms with Gasteiger partial charge in [-0.15, -0.1) is 18.7 Å². The first-order valence-electron chi connectivity index (χ1n) is 4.97. The molecule has 0 aromatic heterocycles. The number of rotatable bonds is 2. The Morgan fingerprint density at radius 1 is 1.22 bits per heavy atom. The van der Waals surface area contributed by atoms with Crippen LogP contribution in [-0.2, 0) is 0 Å². The number of nitrogens with two attached hydrogens (primary N) is 1.